The normalized spacial score (nSPS) is 16.6. The molecule has 0 N–H and O–H groups in total. The fraction of sp³-hybridized carbons (Fsp3) is 0.538. The topological polar surface area (TPSA) is 42.4 Å². The molecule has 0 bridgehead atoms. The third kappa shape index (κ3) is 3.03. The minimum absolute atomic E-state index is 0.0562. The Morgan fingerprint density at radius 1 is 1.59 bits per heavy atom. The van der Waals surface area contributed by atoms with Crippen LogP contribution in [0.4, 0.5) is 0 Å². The Hall–Kier alpha value is -1.42. The van der Waals surface area contributed by atoms with Gasteiger partial charge in [0.2, 0.25) is 0 Å². The van der Waals surface area contributed by atoms with Gasteiger partial charge in [-0.2, -0.15) is 0 Å². The summed E-state index contributed by atoms with van der Waals surface area (Å²) in [5.41, 5.74) is 0.927. The van der Waals surface area contributed by atoms with Crippen LogP contribution < -0.4 is 0 Å². The van der Waals surface area contributed by atoms with E-state index in [4.69, 9.17) is 4.74 Å². The number of hydrogen-bond donors (Lipinski definition) is 0. The predicted octanol–water partition coefficient (Wildman–Crippen LogP) is 1.61. The van der Waals surface area contributed by atoms with Crippen LogP contribution in [-0.4, -0.2) is 35.0 Å². The smallest absolute Gasteiger partial charge is 0.251 e. The van der Waals surface area contributed by atoms with Gasteiger partial charge < -0.3 is 9.64 Å². The van der Waals surface area contributed by atoms with Gasteiger partial charge in [0.1, 0.15) is 6.10 Å². The first-order valence-electron chi connectivity index (χ1n) is 5.95. The van der Waals surface area contributed by atoms with Gasteiger partial charge in [0.05, 0.1) is 12.2 Å². The van der Waals surface area contributed by atoms with Crippen molar-refractivity contribution in [2.24, 2.45) is 0 Å². The van der Waals surface area contributed by atoms with E-state index in [9.17, 15) is 4.79 Å². The minimum atomic E-state index is -0.376. The number of carbonyl (C=O) groups is 1. The number of rotatable bonds is 5. The van der Waals surface area contributed by atoms with Crippen molar-refractivity contribution in [2.45, 2.75) is 38.5 Å². The highest BCUT2D eigenvalue weighted by atomic mass is 16.5. The van der Waals surface area contributed by atoms with Gasteiger partial charge in [-0.15, -0.1) is 0 Å². The maximum absolute atomic E-state index is 12.1. The lowest BCUT2D eigenvalue weighted by atomic mass is 10.2. The van der Waals surface area contributed by atoms with Crippen LogP contribution in [0.5, 0.6) is 0 Å². The summed E-state index contributed by atoms with van der Waals surface area (Å²) in [4.78, 5) is 18.3. The minimum Gasteiger partial charge on any atom is -0.372 e. The third-order valence-electron chi connectivity index (χ3n) is 3.03. The van der Waals surface area contributed by atoms with E-state index >= 15 is 0 Å². The van der Waals surface area contributed by atoms with Crippen molar-refractivity contribution in [1.29, 1.82) is 0 Å². The van der Waals surface area contributed by atoms with E-state index in [0.29, 0.717) is 12.6 Å². The van der Waals surface area contributed by atoms with Crippen LogP contribution in [0.1, 0.15) is 25.5 Å². The first-order valence-corrected chi connectivity index (χ1v) is 5.95. The summed E-state index contributed by atoms with van der Waals surface area (Å²) in [5.74, 6) is 0.0562. The SMILES string of the molecule is COC(C)C(=O)N(Cc1ccccn1)C1CC1. The average molecular weight is 234 g/mol. The van der Waals surface area contributed by atoms with Crippen molar-refractivity contribution in [3.05, 3.63) is 30.1 Å². The largest absolute Gasteiger partial charge is 0.372 e. The molecule has 17 heavy (non-hydrogen) atoms. The van der Waals surface area contributed by atoms with Crippen molar-refractivity contribution in [3.8, 4) is 0 Å². The van der Waals surface area contributed by atoms with Crippen LogP contribution in [0.3, 0.4) is 0 Å². The van der Waals surface area contributed by atoms with Gasteiger partial charge in [-0.1, -0.05) is 6.07 Å². The van der Waals surface area contributed by atoms with Gasteiger partial charge in [-0.25, -0.2) is 0 Å². The highest BCUT2D eigenvalue weighted by molar-refractivity contribution is 5.81. The monoisotopic (exact) mass is 234 g/mol. The lowest BCUT2D eigenvalue weighted by Gasteiger charge is -2.24. The Labute approximate surface area is 102 Å². The average Bonchev–Trinajstić information content (AvgIpc) is 3.19. The zero-order valence-electron chi connectivity index (χ0n) is 10.3. The molecule has 0 aliphatic heterocycles. The van der Waals surface area contributed by atoms with Crippen LogP contribution in [0.15, 0.2) is 24.4 Å². The summed E-state index contributed by atoms with van der Waals surface area (Å²) >= 11 is 0. The Morgan fingerprint density at radius 2 is 2.35 bits per heavy atom. The first-order chi connectivity index (χ1) is 8.22. The number of aromatic nitrogens is 1. The second-order valence-electron chi connectivity index (χ2n) is 4.40. The summed E-state index contributed by atoms with van der Waals surface area (Å²) in [6, 6.07) is 6.14. The van der Waals surface area contributed by atoms with E-state index in [1.54, 1.807) is 20.2 Å². The van der Waals surface area contributed by atoms with Gasteiger partial charge in [-0.05, 0) is 31.9 Å². The molecule has 0 radical (unpaired) electrons. The Kier molecular flexibility index (Phi) is 3.74. The van der Waals surface area contributed by atoms with Gasteiger partial charge >= 0.3 is 0 Å². The van der Waals surface area contributed by atoms with Crippen LogP contribution in [-0.2, 0) is 16.1 Å². The second-order valence-corrected chi connectivity index (χ2v) is 4.40. The summed E-state index contributed by atoms with van der Waals surface area (Å²) < 4.78 is 5.10. The molecule has 1 aromatic heterocycles. The number of pyridine rings is 1. The molecule has 1 atom stereocenters. The first kappa shape index (κ1) is 12.0. The molecule has 0 saturated heterocycles. The van der Waals surface area contributed by atoms with Gasteiger partial charge in [0, 0.05) is 19.3 Å². The van der Waals surface area contributed by atoms with Crippen LogP contribution >= 0.6 is 0 Å². The van der Waals surface area contributed by atoms with Crippen molar-refractivity contribution in [3.63, 3.8) is 0 Å². The van der Waals surface area contributed by atoms with Crippen molar-refractivity contribution >= 4 is 5.91 Å². The third-order valence-corrected chi connectivity index (χ3v) is 3.03. The molecule has 4 nitrogen and oxygen atoms in total. The molecule has 0 spiro atoms. The lowest BCUT2D eigenvalue weighted by Crippen LogP contribution is -2.39. The van der Waals surface area contributed by atoms with Crippen molar-refractivity contribution in [2.75, 3.05) is 7.11 Å². The number of methoxy groups -OCH3 is 1. The van der Waals surface area contributed by atoms with E-state index < -0.39 is 0 Å². The number of ether oxygens (including phenoxy) is 1. The molecular formula is C13H18N2O2. The fourth-order valence-electron chi connectivity index (χ4n) is 1.77. The maximum Gasteiger partial charge on any atom is 0.251 e. The molecule has 92 valence electrons. The van der Waals surface area contributed by atoms with Crippen LogP contribution in [0, 0.1) is 0 Å². The van der Waals surface area contributed by atoms with E-state index in [0.717, 1.165) is 18.5 Å². The molecular weight excluding hydrogens is 216 g/mol. The number of amides is 1. The summed E-state index contributed by atoms with van der Waals surface area (Å²) in [6.07, 6.45) is 3.56. The molecule has 1 unspecified atom stereocenters. The standard InChI is InChI=1S/C13H18N2O2/c1-10(17-2)13(16)15(12-6-7-12)9-11-5-3-4-8-14-11/h3-5,8,10,12H,6-7,9H2,1-2H3. The Balaban J connectivity index is 2.05. The molecule has 1 saturated carbocycles. The van der Waals surface area contributed by atoms with Crippen molar-refractivity contribution < 1.29 is 9.53 Å². The zero-order valence-corrected chi connectivity index (χ0v) is 10.3. The number of carbonyl (C=O) groups excluding carboxylic acids is 1. The summed E-state index contributed by atoms with van der Waals surface area (Å²) in [7, 11) is 1.56. The van der Waals surface area contributed by atoms with E-state index in [1.165, 1.54) is 0 Å². The molecule has 1 amide bonds. The molecule has 2 rings (SSSR count). The lowest BCUT2D eigenvalue weighted by molar-refractivity contribution is -0.142. The highest BCUT2D eigenvalue weighted by Crippen LogP contribution is 2.28. The highest BCUT2D eigenvalue weighted by Gasteiger charge is 2.34. The number of nitrogens with zero attached hydrogens (tertiary/aromatic N) is 2. The van der Waals surface area contributed by atoms with Crippen molar-refractivity contribution in [1.82, 2.24) is 9.88 Å². The quantitative estimate of drug-likeness (QED) is 0.777. The summed E-state index contributed by atoms with van der Waals surface area (Å²) in [5, 5.41) is 0. The van der Waals surface area contributed by atoms with E-state index in [1.807, 2.05) is 23.1 Å². The predicted molar refractivity (Wildman–Crippen MR) is 64.3 cm³/mol. The second kappa shape index (κ2) is 5.27. The Bertz CT molecular complexity index is 376. The molecule has 1 aliphatic carbocycles. The van der Waals surface area contributed by atoms with Gasteiger partial charge in [0.25, 0.3) is 5.91 Å². The maximum atomic E-state index is 12.1. The molecule has 1 aromatic rings. The molecule has 1 heterocycles. The molecule has 1 fully saturated rings. The van der Waals surface area contributed by atoms with E-state index in [2.05, 4.69) is 4.98 Å². The number of hydrogen-bond acceptors (Lipinski definition) is 3. The molecule has 4 heteroatoms. The summed E-state index contributed by atoms with van der Waals surface area (Å²) in [6.45, 7) is 2.37. The molecule has 1 aliphatic rings. The Morgan fingerprint density at radius 3 is 2.88 bits per heavy atom. The van der Waals surface area contributed by atoms with E-state index in [-0.39, 0.29) is 12.0 Å². The van der Waals surface area contributed by atoms with Gasteiger partial charge in [-0.3, -0.25) is 9.78 Å². The van der Waals surface area contributed by atoms with Crippen LogP contribution in [0.2, 0.25) is 0 Å². The van der Waals surface area contributed by atoms with Gasteiger partial charge in [0.15, 0.2) is 0 Å². The van der Waals surface area contributed by atoms with Crippen LogP contribution in [0.25, 0.3) is 0 Å². The fourth-order valence-corrected chi connectivity index (χ4v) is 1.77. The zero-order chi connectivity index (χ0) is 12.3. The molecule has 0 aromatic carbocycles.